The number of benzene rings is 4. The molecular formula is C44H44N8O4. The fraction of sp³-hybridized carbons (Fsp3) is 0.250. The molecule has 0 saturated carbocycles. The van der Waals surface area contributed by atoms with Crippen LogP contribution in [0.3, 0.4) is 0 Å². The second kappa shape index (κ2) is 16.5. The van der Waals surface area contributed by atoms with Gasteiger partial charge in [0.05, 0.1) is 33.1 Å². The topological polar surface area (TPSA) is 118 Å². The summed E-state index contributed by atoms with van der Waals surface area (Å²) in [6.45, 7) is 6.07. The number of carbonyl (C=O) groups excluding carboxylic acids is 1. The molecule has 0 aliphatic carbocycles. The lowest BCUT2D eigenvalue weighted by molar-refractivity contribution is 0.122. The van der Waals surface area contributed by atoms with E-state index in [1.54, 1.807) is 19.1 Å². The largest absolute Gasteiger partial charge is 0.497 e. The number of rotatable bonds is 11. The molecule has 4 aromatic carbocycles. The van der Waals surface area contributed by atoms with Crippen LogP contribution in [-0.2, 0) is 24.2 Å². The third kappa shape index (κ3) is 7.96. The number of nitrogens with one attached hydrogen (secondary N) is 1. The standard InChI is InChI=1S/C44H44N8O4/c1-30-9-14-34(33-7-5-4-6-8-33)25-39(30)47-44(53)52-20-19-38-40(48-43(49-41(38)52)50-21-23-56-24-22-50)35-26-45-42(46-27-35)51(28-31-10-15-36(54-2)16-11-31)29-32-12-17-37(55-3)18-13-32/h4-18,25-27H,19-24,28-29H2,1-3H3,(H,47,53). The first-order valence-corrected chi connectivity index (χ1v) is 18.8. The van der Waals surface area contributed by atoms with Crippen LogP contribution in [0, 0.1) is 6.92 Å². The lowest BCUT2D eigenvalue weighted by Gasteiger charge is -2.28. The first-order chi connectivity index (χ1) is 27.4. The maximum atomic E-state index is 14.1. The van der Waals surface area contributed by atoms with Crippen LogP contribution >= 0.6 is 0 Å². The Morgan fingerprint density at radius 1 is 0.768 bits per heavy atom. The number of morpholine rings is 1. The Hall–Kier alpha value is -6.53. The molecule has 0 atom stereocenters. The summed E-state index contributed by atoms with van der Waals surface area (Å²) in [7, 11) is 3.33. The zero-order valence-corrected chi connectivity index (χ0v) is 31.8. The average Bonchev–Trinajstić information content (AvgIpc) is 3.69. The van der Waals surface area contributed by atoms with Gasteiger partial charge in [-0.3, -0.25) is 4.90 Å². The minimum Gasteiger partial charge on any atom is -0.497 e. The van der Waals surface area contributed by atoms with E-state index in [0.29, 0.717) is 70.1 Å². The Bertz CT molecular complexity index is 2230. The van der Waals surface area contributed by atoms with Crippen LogP contribution in [0.5, 0.6) is 11.5 Å². The molecule has 0 spiro atoms. The molecule has 2 aromatic heterocycles. The van der Waals surface area contributed by atoms with Crippen molar-refractivity contribution in [3.8, 4) is 33.9 Å². The number of methoxy groups -OCH3 is 2. The number of urea groups is 1. The smallest absolute Gasteiger partial charge is 0.327 e. The summed E-state index contributed by atoms with van der Waals surface area (Å²) in [6, 6.07) is 32.1. The average molecular weight is 749 g/mol. The van der Waals surface area contributed by atoms with Crippen molar-refractivity contribution in [1.82, 2.24) is 19.9 Å². The van der Waals surface area contributed by atoms with Gasteiger partial charge >= 0.3 is 6.03 Å². The Labute approximate surface area is 326 Å². The van der Waals surface area contributed by atoms with E-state index in [-0.39, 0.29) is 6.03 Å². The molecule has 6 aromatic rings. The molecule has 56 heavy (non-hydrogen) atoms. The highest BCUT2D eigenvalue weighted by Crippen LogP contribution is 2.37. The number of anilines is 4. The van der Waals surface area contributed by atoms with E-state index in [0.717, 1.165) is 61.8 Å². The fourth-order valence-electron chi connectivity index (χ4n) is 7.04. The second-order valence-corrected chi connectivity index (χ2v) is 13.8. The molecule has 0 unspecified atom stereocenters. The number of amides is 2. The lowest BCUT2D eigenvalue weighted by atomic mass is 10.0. The Morgan fingerprint density at radius 3 is 2.04 bits per heavy atom. The zero-order chi connectivity index (χ0) is 38.4. The van der Waals surface area contributed by atoms with Gasteiger partial charge in [-0.15, -0.1) is 0 Å². The summed E-state index contributed by atoms with van der Waals surface area (Å²) in [4.78, 5) is 40.0. The summed E-state index contributed by atoms with van der Waals surface area (Å²) >= 11 is 0. The predicted octanol–water partition coefficient (Wildman–Crippen LogP) is 7.56. The Balaban J connectivity index is 1.10. The van der Waals surface area contributed by atoms with Crippen molar-refractivity contribution in [2.45, 2.75) is 26.4 Å². The highest BCUT2D eigenvalue weighted by atomic mass is 16.5. The summed E-state index contributed by atoms with van der Waals surface area (Å²) in [5.74, 6) is 3.32. The monoisotopic (exact) mass is 748 g/mol. The van der Waals surface area contributed by atoms with Crippen molar-refractivity contribution in [3.63, 3.8) is 0 Å². The normalized spacial score (nSPS) is 13.6. The van der Waals surface area contributed by atoms with Gasteiger partial charge in [-0.25, -0.2) is 19.7 Å². The van der Waals surface area contributed by atoms with Gasteiger partial charge in [-0.05, 0) is 71.5 Å². The number of hydrogen-bond donors (Lipinski definition) is 1. The fourth-order valence-corrected chi connectivity index (χ4v) is 7.04. The van der Waals surface area contributed by atoms with Crippen LogP contribution in [0.2, 0.25) is 0 Å². The molecule has 2 amide bonds. The minimum absolute atomic E-state index is 0.242. The van der Waals surface area contributed by atoms with Crippen molar-refractivity contribution < 1.29 is 19.0 Å². The minimum atomic E-state index is -0.242. The van der Waals surface area contributed by atoms with E-state index in [4.69, 9.17) is 34.1 Å². The third-order valence-electron chi connectivity index (χ3n) is 10.2. The van der Waals surface area contributed by atoms with Gasteiger partial charge in [0.15, 0.2) is 0 Å². The molecule has 8 rings (SSSR count). The summed E-state index contributed by atoms with van der Waals surface area (Å²) in [5.41, 5.74) is 8.39. The highest BCUT2D eigenvalue weighted by Gasteiger charge is 2.32. The summed E-state index contributed by atoms with van der Waals surface area (Å²) < 4.78 is 16.4. The second-order valence-electron chi connectivity index (χ2n) is 13.8. The maximum absolute atomic E-state index is 14.1. The maximum Gasteiger partial charge on any atom is 0.327 e. The molecule has 12 nitrogen and oxygen atoms in total. The summed E-state index contributed by atoms with van der Waals surface area (Å²) in [5, 5.41) is 3.18. The van der Waals surface area contributed by atoms with Crippen LogP contribution in [0.1, 0.15) is 22.3 Å². The first kappa shape index (κ1) is 36.4. The van der Waals surface area contributed by atoms with Gasteiger partial charge in [0.1, 0.15) is 17.3 Å². The number of aryl methyl sites for hydroxylation is 1. The molecule has 284 valence electrons. The number of carbonyl (C=O) groups is 1. The molecule has 1 saturated heterocycles. The molecule has 0 radical (unpaired) electrons. The van der Waals surface area contributed by atoms with Gasteiger partial charge in [0, 0.05) is 61.9 Å². The van der Waals surface area contributed by atoms with E-state index in [2.05, 4.69) is 57.6 Å². The molecule has 1 fully saturated rings. The molecule has 2 aliphatic rings. The molecule has 4 heterocycles. The number of nitrogens with zero attached hydrogens (tertiary/aromatic N) is 7. The van der Waals surface area contributed by atoms with Crippen LogP contribution in [0.15, 0.2) is 109 Å². The quantitative estimate of drug-likeness (QED) is 0.142. The Morgan fingerprint density at radius 2 is 1.41 bits per heavy atom. The lowest BCUT2D eigenvalue weighted by Crippen LogP contribution is -2.38. The summed E-state index contributed by atoms with van der Waals surface area (Å²) in [6.07, 6.45) is 4.24. The van der Waals surface area contributed by atoms with Gasteiger partial charge in [-0.2, -0.15) is 4.98 Å². The number of aromatic nitrogens is 4. The van der Waals surface area contributed by atoms with Gasteiger partial charge in [0.25, 0.3) is 0 Å². The third-order valence-corrected chi connectivity index (χ3v) is 10.2. The number of ether oxygens (including phenoxy) is 3. The van der Waals surface area contributed by atoms with Crippen molar-refractivity contribution in [2.75, 3.05) is 67.1 Å². The highest BCUT2D eigenvalue weighted by molar-refractivity contribution is 6.04. The number of fused-ring (bicyclic) bond motifs is 1. The molecular weight excluding hydrogens is 705 g/mol. The van der Waals surface area contributed by atoms with Crippen LogP contribution in [0.25, 0.3) is 22.4 Å². The number of hydrogen-bond acceptors (Lipinski definition) is 10. The van der Waals surface area contributed by atoms with Crippen molar-refractivity contribution in [2.24, 2.45) is 0 Å². The Kier molecular flexibility index (Phi) is 10.7. The van der Waals surface area contributed by atoms with Gasteiger partial charge < -0.3 is 29.3 Å². The van der Waals surface area contributed by atoms with E-state index in [1.807, 2.05) is 73.9 Å². The predicted molar refractivity (Wildman–Crippen MR) is 219 cm³/mol. The van der Waals surface area contributed by atoms with Crippen LogP contribution in [0.4, 0.5) is 28.2 Å². The van der Waals surface area contributed by atoms with Gasteiger partial charge in [-0.1, -0.05) is 66.7 Å². The van der Waals surface area contributed by atoms with Crippen LogP contribution < -0.4 is 29.5 Å². The van der Waals surface area contributed by atoms with E-state index < -0.39 is 0 Å². The molecule has 1 N–H and O–H groups in total. The molecule has 12 heteroatoms. The van der Waals surface area contributed by atoms with Gasteiger partial charge in [0.2, 0.25) is 11.9 Å². The molecule has 0 bridgehead atoms. The van der Waals surface area contributed by atoms with E-state index >= 15 is 0 Å². The zero-order valence-electron chi connectivity index (χ0n) is 31.8. The van der Waals surface area contributed by atoms with Crippen LogP contribution in [-0.4, -0.2) is 73.0 Å². The van der Waals surface area contributed by atoms with Crippen molar-refractivity contribution in [3.05, 3.63) is 132 Å². The van der Waals surface area contributed by atoms with E-state index in [9.17, 15) is 4.79 Å². The van der Waals surface area contributed by atoms with E-state index in [1.165, 1.54) is 0 Å². The first-order valence-electron chi connectivity index (χ1n) is 18.8. The van der Waals surface area contributed by atoms with Crippen molar-refractivity contribution >= 4 is 29.4 Å². The molecule has 2 aliphatic heterocycles. The SMILES string of the molecule is COc1ccc(CN(Cc2ccc(OC)cc2)c2ncc(-c3nc(N4CCOCC4)nc4c3CCN4C(=O)Nc3cc(-c4ccccc4)ccc3C)cn2)cc1. The van der Waals surface area contributed by atoms with Crippen molar-refractivity contribution in [1.29, 1.82) is 0 Å².